The summed E-state index contributed by atoms with van der Waals surface area (Å²) in [6, 6.07) is 4.06. The Hall–Kier alpha value is -0.930. The summed E-state index contributed by atoms with van der Waals surface area (Å²) in [5.74, 6) is 0.642. The molecular weight excluding hydrogens is 248 g/mol. The van der Waals surface area contributed by atoms with Gasteiger partial charge in [0.15, 0.2) is 0 Å². The second-order valence-corrected chi connectivity index (χ2v) is 5.52. The van der Waals surface area contributed by atoms with Gasteiger partial charge in [-0.1, -0.05) is 40.0 Å². The van der Waals surface area contributed by atoms with Gasteiger partial charge in [-0.3, -0.25) is 4.98 Å². The molecule has 0 aromatic carbocycles. The zero-order valence-electron chi connectivity index (χ0n) is 13.2. The molecule has 0 saturated carbocycles. The average Bonchev–Trinajstić information content (AvgIpc) is 2.51. The molecule has 0 spiro atoms. The van der Waals surface area contributed by atoms with Crippen molar-refractivity contribution in [3.63, 3.8) is 0 Å². The summed E-state index contributed by atoms with van der Waals surface area (Å²) >= 11 is 0. The lowest BCUT2D eigenvalue weighted by Crippen LogP contribution is -2.30. The van der Waals surface area contributed by atoms with E-state index in [9.17, 15) is 0 Å². The van der Waals surface area contributed by atoms with Gasteiger partial charge in [-0.2, -0.15) is 0 Å². The van der Waals surface area contributed by atoms with E-state index < -0.39 is 0 Å². The van der Waals surface area contributed by atoms with E-state index in [2.05, 4.69) is 25.8 Å². The number of ether oxygens (including phenoxy) is 1. The van der Waals surface area contributed by atoms with E-state index in [-0.39, 0.29) is 12.1 Å². The number of aromatic nitrogens is 1. The number of pyridine rings is 1. The van der Waals surface area contributed by atoms with Crippen LogP contribution in [0, 0.1) is 5.92 Å². The molecule has 3 unspecified atom stereocenters. The molecule has 2 N–H and O–H groups in total. The smallest absolute Gasteiger partial charge is 0.0976 e. The highest BCUT2D eigenvalue weighted by Crippen LogP contribution is 2.24. The molecular formula is C17H30N2O. The number of nitrogens with two attached hydrogens (primary N) is 1. The first-order chi connectivity index (χ1) is 9.72. The summed E-state index contributed by atoms with van der Waals surface area (Å²) in [5, 5.41) is 0. The van der Waals surface area contributed by atoms with Crippen LogP contribution < -0.4 is 5.73 Å². The third-order valence-corrected chi connectivity index (χ3v) is 3.95. The standard InChI is InChI=1S/C17H30N2O/c1-4-7-8-14(5-2)13-20-17(16(18)6-3)15-9-11-19-12-10-15/h9-12,14,16-17H,4-8,13,18H2,1-3H3. The predicted molar refractivity (Wildman–Crippen MR) is 84.5 cm³/mol. The number of hydrogen-bond donors (Lipinski definition) is 1. The monoisotopic (exact) mass is 278 g/mol. The predicted octanol–water partition coefficient (Wildman–Crippen LogP) is 4.09. The average molecular weight is 278 g/mol. The van der Waals surface area contributed by atoms with Crippen molar-refractivity contribution < 1.29 is 4.74 Å². The summed E-state index contributed by atoms with van der Waals surface area (Å²) in [6.45, 7) is 7.39. The van der Waals surface area contributed by atoms with E-state index in [0.29, 0.717) is 5.92 Å². The van der Waals surface area contributed by atoms with Crippen molar-refractivity contribution in [2.24, 2.45) is 11.7 Å². The normalized spacial score (nSPS) is 15.8. The van der Waals surface area contributed by atoms with E-state index in [1.165, 1.54) is 25.7 Å². The first-order valence-corrected chi connectivity index (χ1v) is 7.99. The van der Waals surface area contributed by atoms with Crippen LogP contribution in [0.15, 0.2) is 24.5 Å². The van der Waals surface area contributed by atoms with Gasteiger partial charge in [-0.05, 0) is 36.5 Å². The largest absolute Gasteiger partial charge is 0.372 e. The van der Waals surface area contributed by atoms with Gasteiger partial charge in [0.1, 0.15) is 0 Å². The number of unbranched alkanes of at least 4 members (excludes halogenated alkanes) is 1. The van der Waals surface area contributed by atoms with Crippen LogP contribution in [0.1, 0.15) is 64.5 Å². The van der Waals surface area contributed by atoms with Crippen LogP contribution in [0.2, 0.25) is 0 Å². The van der Waals surface area contributed by atoms with Crippen LogP contribution in [0.4, 0.5) is 0 Å². The van der Waals surface area contributed by atoms with Crippen LogP contribution in [0.25, 0.3) is 0 Å². The Balaban J connectivity index is 2.61. The molecule has 0 fully saturated rings. The summed E-state index contributed by atoms with van der Waals surface area (Å²) in [4.78, 5) is 4.07. The second-order valence-electron chi connectivity index (χ2n) is 5.52. The van der Waals surface area contributed by atoms with Gasteiger partial charge in [0.05, 0.1) is 12.7 Å². The van der Waals surface area contributed by atoms with Crippen molar-refractivity contribution in [1.29, 1.82) is 0 Å². The van der Waals surface area contributed by atoms with Crippen LogP contribution in [0.3, 0.4) is 0 Å². The van der Waals surface area contributed by atoms with Crippen molar-refractivity contribution in [2.45, 2.75) is 65.0 Å². The fourth-order valence-electron chi connectivity index (χ4n) is 2.37. The van der Waals surface area contributed by atoms with Gasteiger partial charge in [-0.25, -0.2) is 0 Å². The Kier molecular flexibility index (Phi) is 8.47. The molecule has 0 amide bonds. The fraction of sp³-hybridized carbons (Fsp3) is 0.706. The molecule has 3 atom stereocenters. The third kappa shape index (κ3) is 5.59. The quantitative estimate of drug-likeness (QED) is 0.701. The van der Waals surface area contributed by atoms with Crippen molar-refractivity contribution >= 4 is 0 Å². The highest BCUT2D eigenvalue weighted by atomic mass is 16.5. The van der Waals surface area contributed by atoms with E-state index in [1.54, 1.807) is 0 Å². The highest BCUT2D eigenvalue weighted by Gasteiger charge is 2.20. The SMILES string of the molecule is CCCCC(CC)COC(c1ccncc1)C(N)CC. The zero-order chi connectivity index (χ0) is 14.8. The van der Waals surface area contributed by atoms with Crippen molar-refractivity contribution in [1.82, 2.24) is 4.98 Å². The molecule has 0 aliphatic heterocycles. The summed E-state index contributed by atoms with van der Waals surface area (Å²) in [7, 11) is 0. The van der Waals surface area contributed by atoms with Gasteiger partial charge in [0.25, 0.3) is 0 Å². The first kappa shape index (κ1) is 17.1. The lowest BCUT2D eigenvalue weighted by Gasteiger charge is -2.26. The minimum Gasteiger partial charge on any atom is -0.372 e. The molecule has 1 aromatic rings. The molecule has 1 aromatic heterocycles. The minimum absolute atomic E-state index is 0.0151. The lowest BCUT2D eigenvalue weighted by atomic mass is 9.99. The van der Waals surface area contributed by atoms with Crippen LogP contribution in [-0.2, 0) is 4.74 Å². The fourth-order valence-corrected chi connectivity index (χ4v) is 2.37. The Morgan fingerprint density at radius 1 is 1.15 bits per heavy atom. The molecule has 20 heavy (non-hydrogen) atoms. The van der Waals surface area contributed by atoms with Crippen molar-refractivity contribution in [3.05, 3.63) is 30.1 Å². The molecule has 3 heteroatoms. The molecule has 0 aliphatic rings. The van der Waals surface area contributed by atoms with Crippen LogP contribution in [0.5, 0.6) is 0 Å². The molecule has 0 bridgehead atoms. The molecule has 114 valence electrons. The Morgan fingerprint density at radius 2 is 1.85 bits per heavy atom. The number of hydrogen-bond acceptors (Lipinski definition) is 3. The molecule has 1 rings (SSSR count). The Labute approximate surface area is 123 Å². The Morgan fingerprint density at radius 3 is 2.40 bits per heavy atom. The van der Waals surface area contributed by atoms with E-state index >= 15 is 0 Å². The van der Waals surface area contributed by atoms with Crippen molar-refractivity contribution in [3.8, 4) is 0 Å². The first-order valence-electron chi connectivity index (χ1n) is 7.99. The molecule has 0 aliphatic carbocycles. The highest BCUT2D eigenvalue weighted by molar-refractivity contribution is 5.15. The van der Waals surface area contributed by atoms with E-state index in [0.717, 1.165) is 18.6 Å². The van der Waals surface area contributed by atoms with Crippen LogP contribution in [-0.4, -0.2) is 17.6 Å². The molecule has 1 heterocycles. The number of nitrogens with zero attached hydrogens (tertiary/aromatic N) is 1. The van der Waals surface area contributed by atoms with E-state index in [4.69, 9.17) is 10.5 Å². The van der Waals surface area contributed by atoms with E-state index in [1.807, 2.05) is 24.5 Å². The maximum atomic E-state index is 6.23. The van der Waals surface area contributed by atoms with Gasteiger partial charge in [0, 0.05) is 18.4 Å². The van der Waals surface area contributed by atoms with Gasteiger partial charge < -0.3 is 10.5 Å². The maximum absolute atomic E-state index is 6.23. The van der Waals surface area contributed by atoms with Crippen molar-refractivity contribution in [2.75, 3.05) is 6.61 Å². The van der Waals surface area contributed by atoms with Gasteiger partial charge >= 0.3 is 0 Å². The summed E-state index contributed by atoms with van der Waals surface area (Å²) in [6.07, 6.45) is 9.46. The third-order valence-electron chi connectivity index (χ3n) is 3.95. The number of rotatable bonds is 10. The molecule has 3 nitrogen and oxygen atoms in total. The second kappa shape index (κ2) is 9.89. The van der Waals surface area contributed by atoms with Gasteiger partial charge in [-0.15, -0.1) is 0 Å². The topological polar surface area (TPSA) is 48.1 Å². The molecule has 0 radical (unpaired) electrons. The van der Waals surface area contributed by atoms with Crippen LogP contribution >= 0.6 is 0 Å². The van der Waals surface area contributed by atoms with Gasteiger partial charge in [0.2, 0.25) is 0 Å². The zero-order valence-corrected chi connectivity index (χ0v) is 13.2. The minimum atomic E-state index is -0.0151. The maximum Gasteiger partial charge on any atom is 0.0976 e. The Bertz CT molecular complexity index is 342. The summed E-state index contributed by atoms with van der Waals surface area (Å²) < 4.78 is 6.18. The summed E-state index contributed by atoms with van der Waals surface area (Å²) in [5.41, 5.74) is 7.37. The lowest BCUT2D eigenvalue weighted by molar-refractivity contribution is 0.00868. The molecule has 0 saturated heterocycles.